The Morgan fingerprint density at radius 3 is 2.18 bits per heavy atom. The van der Waals surface area contributed by atoms with Gasteiger partial charge in [0.25, 0.3) is 9.68 Å². The van der Waals surface area contributed by atoms with E-state index in [1.165, 1.54) is 6.92 Å². The van der Waals surface area contributed by atoms with Crippen molar-refractivity contribution in [1.29, 1.82) is 0 Å². The maximum absolute atomic E-state index is 10.7. The number of hydrogen-bond acceptors (Lipinski definition) is 3. The zero-order valence-corrected chi connectivity index (χ0v) is 8.25. The molecule has 0 aromatic rings. The molecule has 4 nitrogen and oxygen atoms in total. The van der Waals surface area contributed by atoms with Crippen LogP contribution in [0, 0.1) is 0 Å². The molecule has 64 valence electrons. The highest BCUT2D eigenvalue weighted by Crippen LogP contribution is 1.91. The molecular formula is C6H13NO3Si. The Hall–Kier alpha value is -0.393. The second-order valence-electron chi connectivity index (χ2n) is 2.01. The van der Waals surface area contributed by atoms with Crippen LogP contribution in [0.4, 0.5) is 0 Å². The van der Waals surface area contributed by atoms with Gasteiger partial charge in [-0.15, -0.1) is 0 Å². The predicted octanol–water partition coefficient (Wildman–Crippen LogP) is -0.340. The fraction of sp³-hybridized carbons (Fsp3) is 0.833. The standard InChI is InChI=1S/C6H13NO3Si/c1-5(8)7(2)11-6(9-3)10-4/h6H,1-4H3. The van der Waals surface area contributed by atoms with Gasteiger partial charge in [-0.05, 0) is 0 Å². The average molecular weight is 175 g/mol. The maximum Gasteiger partial charge on any atom is 0.256 e. The monoisotopic (exact) mass is 175 g/mol. The summed E-state index contributed by atoms with van der Waals surface area (Å²) >= 11 is 0. The highest BCUT2D eigenvalue weighted by Gasteiger charge is 2.13. The highest BCUT2D eigenvalue weighted by atomic mass is 28.2. The van der Waals surface area contributed by atoms with Crippen LogP contribution in [0.15, 0.2) is 0 Å². The quantitative estimate of drug-likeness (QED) is 0.433. The molecule has 0 fully saturated rings. The van der Waals surface area contributed by atoms with Crippen LogP contribution in [0.3, 0.4) is 0 Å². The first-order valence-corrected chi connectivity index (χ1v) is 4.20. The molecule has 0 bridgehead atoms. The Kier molecular flexibility index (Phi) is 5.09. The molecule has 0 unspecified atom stereocenters. The fourth-order valence-electron chi connectivity index (χ4n) is 0.451. The Labute approximate surface area is 69.4 Å². The van der Waals surface area contributed by atoms with Crippen molar-refractivity contribution in [3.8, 4) is 0 Å². The summed E-state index contributed by atoms with van der Waals surface area (Å²) in [6, 6.07) is 0. The van der Waals surface area contributed by atoms with Crippen LogP contribution in [-0.4, -0.2) is 47.3 Å². The second kappa shape index (κ2) is 5.28. The third-order valence-electron chi connectivity index (χ3n) is 1.20. The van der Waals surface area contributed by atoms with Crippen molar-refractivity contribution in [2.75, 3.05) is 21.3 Å². The number of ether oxygens (including phenoxy) is 2. The number of rotatable bonds is 4. The van der Waals surface area contributed by atoms with Crippen molar-refractivity contribution in [1.82, 2.24) is 4.57 Å². The molecule has 0 spiro atoms. The van der Waals surface area contributed by atoms with Gasteiger partial charge in [0.15, 0.2) is 5.91 Å². The zero-order valence-electron chi connectivity index (χ0n) is 7.25. The van der Waals surface area contributed by atoms with Gasteiger partial charge in [-0.1, -0.05) is 0 Å². The molecule has 0 saturated carbocycles. The molecular weight excluding hydrogens is 162 g/mol. The zero-order chi connectivity index (χ0) is 8.85. The van der Waals surface area contributed by atoms with E-state index < -0.39 is 0 Å². The summed E-state index contributed by atoms with van der Waals surface area (Å²) in [4.78, 5) is 10.7. The topological polar surface area (TPSA) is 38.8 Å². The van der Waals surface area contributed by atoms with E-state index in [0.717, 1.165) is 0 Å². The lowest BCUT2D eigenvalue weighted by Crippen LogP contribution is -2.38. The molecule has 11 heavy (non-hydrogen) atoms. The van der Waals surface area contributed by atoms with E-state index in [9.17, 15) is 4.79 Å². The van der Waals surface area contributed by atoms with Crippen molar-refractivity contribution < 1.29 is 14.3 Å². The minimum absolute atomic E-state index is 0.0161. The Bertz CT molecular complexity index is 127. The summed E-state index contributed by atoms with van der Waals surface area (Å²) in [5.41, 5.74) is 0. The molecule has 2 radical (unpaired) electrons. The van der Waals surface area contributed by atoms with Crippen LogP contribution >= 0.6 is 0 Å². The van der Waals surface area contributed by atoms with Crippen LogP contribution in [0.25, 0.3) is 0 Å². The Morgan fingerprint density at radius 2 is 1.91 bits per heavy atom. The lowest BCUT2D eigenvalue weighted by atomic mass is 10.7. The molecule has 0 N–H and O–H groups in total. The lowest BCUT2D eigenvalue weighted by Gasteiger charge is -2.18. The third kappa shape index (κ3) is 4.13. The van der Waals surface area contributed by atoms with Gasteiger partial charge in [0, 0.05) is 28.2 Å². The average Bonchev–Trinajstić information content (AvgIpc) is 1.99. The van der Waals surface area contributed by atoms with Crippen molar-refractivity contribution in [2.24, 2.45) is 0 Å². The van der Waals surface area contributed by atoms with E-state index in [2.05, 4.69) is 0 Å². The van der Waals surface area contributed by atoms with Crippen molar-refractivity contribution in [3.05, 3.63) is 0 Å². The molecule has 0 aromatic heterocycles. The predicted molar refractivity (Wildman–Crippen MR) is 42.0 cm³/mol. The molecule has 0 saturated heterocycles. The number of amides is 1. The fourth-order valence-corrected chi connectivity index (χ4v) is 1.16. The van der Waals surface area contributed by atoms with E-state index in [1.54, 1.807) is 25.8 Å². The minimum Gasteiger partial charge on any atom is -0.368 e. The van der Waals surface area contributed by atoms with E-state index in [1.807, 2.05) is 0 Å². The van der Waals surface area contributed by atoms with Gasteiger partial charge < -0.3 is 14.0 Å². The molecule has 0 aliphatic heterocycles. The van der Waals surface area contributed by atoms with Gasteiger partial charge in [0.2, 0.25) is 5.91 Å². The normalized spacial score (nSPS) is 10.3. The van der Waals surface area contributed by atoms with Gasteiger partial charge in [-0.3, -0.25) is 4.79 Å². The molecule has 0 aliphatic carbocycles. The summed E-state index contributed by atoms with van der Waals surface area (Å²) in [5, 5.41) is 0. The first kappa shape index (κ1) is 10.6. The molecule has 0 rings (SSSR count). The van der Waals surface area contributed by atoms with Crippen LogP contribution in [-0.2, 0) is 14.3 Å². The van der Waals surface area contributed by atoms with Gasteiger partial charge >= 0.3 is 0 Å². The van der Waals surface area contributed by atoms with E-state index in [0.29, 0.717) is 0 Å². The van der Waals surface area contributed by atoms with Crippen LogP contribution in [0.2, 0.25) is 0 Å². The van der Waals surface area contributed by atoms with Crippen molar-refractivity contribution in [2.45, 2.75) is 12.8 Å². The van der Waals surface area contributed by atoms with Gasteiger partial charge in [0.1, 0.15) is 0 Å². The summed E-state index contributed by atoms with van der Waals surface area (Å²) in [6.45, 7) is 1.51. The van der Waals surface area contributed by atoms with Gasteiger partial charge in [-0.2, -0.15) is 0 Å². The van der Waals surface area contributed by atoms with E-state index in [4.69, 9.17) is 9.47 Å². The number of carbonyl (C=O) groups excluding carboxylic acids is 1. The second-order valence-corrected chi connectivity index (χ2v) is 3.41. The van der Waals surface area contributed by atoms with E-state index >= 15 is 0 Å². The largest absolute Gasteiger partial charge is 0.368 e. The highest BCUT2D eigenvalue weighted by molar-refractivity contribution is 6.37. The number of carbonyl (C=O) groups is 1. The van der Waals surface area contributed by atoms with Crippen molar-refractivity contribution in [3.63, 3.8) is 0 Å². The molecule has 0 aliphatic rings. The maximum atomic E-state index is 10.7. The smallest absolute Gasteiger partial charge is 0.256 e. The molecule has 1 amide bonds. The van der Waals surface area contributed by atoms with Crippen LogP contribution in [0.1, 0.15) is 6.92 Å². The van der Waals surface area contributed by atoms with Gasteiger partial charge in [0.05, 0.1) is 0 Å². The molecule has 0 atom stereocenters. The van der Waals surface area contributed by atoms with E-state index in [-0.39, 0.29) is 21.5 Å². The summed E-state index contributed by atoms with van der Waals surface area (Å²) in [5.74, 6) is -0.286. The molecule has 5 heteroatoms. The third-order valence-corrected chi connectivity index (χ3v) is 2.58. The summed E-state index contributed by atoms with van der Waals surface area (Å²) in [7, 11) is 5.03. The Balaban J connectivity index is 3.71. The minimum atomic E-state index is -0.302. The summed E-state index contributed by atoms with van der Waals surface area (Å²) < 4.78 is 11.4. The number of hydrogen-bond donors (Lipinski definition) is 0. The van der Waals surface area contributed by atoms with Gasteiger partial charge in [-0.25, -0.2) is 0 Å². The SMILES string of the molecule is COC(OC)[Si]N(C)C(C)=O. The lowest BCUT2D eigenvalue weighted by molar-refractivity contribution is -0.124. The molecule has 0 aromatic carbocycles. The first-order chi connectivity index (χ1) is 5.11. The first-order valence-electron chi connectivity index (χ1n) is 3.18. The number of methoxy groups -OCH3 is 2. The van der Waals surface area contributed by atoms with Crippen molar-refractivity contribution >= 4 is 15.6 Å². The summed E-state index contributed by atoms with van der Waals surface area (Å²) in [6.07, 6.45) is 0. The Morgan fingerprint density at radius 1 is 1.45 bits per heavy atom. The molecule has 0 heterocycles. The number of nitrogens with zero attached hydrogens (tertiary/aromatic N) is 1. The van der Waals surface area contributed by atoms with Crippen LogP contribution < -0.4 is 0 Å². The van der Waals surface area contributed by atoms with Crippen LogP contribution in [0.5, 0.6) is 0 Å².